The number of rotatable bonds is 1. The second kappa shape index (κ2) is 3.81. The van der Waals surface area contributed by atoms with Crippen molar-refractivity contribution in [3.8, 4) is 0 Å². The fourth-order valence-corrected chi connectivity index (χ4v) is 3.72. The molecule has 2 unspecified atom stereocenters. The van der Waals surface area contributed by atoms with Crippen molar-refractivity contribution in [2.24, 2.45) is 17.3 Å². The van der Waals surface area contributed by atoms with E-state index in [1.165, 1.54) is 37.7 Å². The van der Waals surface area contributed by atoms with Crippen molar-refractivity contribution in [2.75, 3.05) is 0 Å². The molecule has 2 rings (SSSR count). The molecule has 0 bridgehead atoms. The topological polar surface area (TPSA) is 0 Å². The molecule has 84 valence electrons. The average molecular weight is 204 g/mol. The van der Waals surface area contributed by atoms with Gasteiger partial charge in [-0.3, -0.25) is 0 Å². The Kier molecular flexibility index (Phi) is 2.79. The number of hydrogen-bond acceptors (Lipinski definition) is 0. The molecule has 15 heavy (non-hydrogen) atoms. The first-order valence-electron chi connectivity index (χ1n) is 6.39. The minimum atomic E-state index is 0.544. The van der Waals surface area contributed by atoms with Crippen LogP contribution in [0.4, 0.5) is 0 Å². The molecule has 1 saturated carbocycles. The minimum Gasteiger partial charge on any atom is -0.0999 e. The zero-order valence-corrected chi connectivity index (χ0v) is 10.5. The van der Waals surface area contributed by atoms with Crippen LogP contribution in [0.15, 0.2) is 23.8 Å². The maximum atomic E-state index is 4.15. The van der Waals surface area contributed by atoms with E-state index in [1.807, 2.05) is 0 Å². The normalized spacial score (nSPS) is 40.6. The van der Waals surface area contributed by atoms with Gasteiger partial charge < -0.3 is 0 Å². The fourth-order valence-electron chi connectivity index (χ4n) is 3.72. The van der Waals surface area contributed by atoms with Crippen molar-refractivity contribution in [1.29, 1.82) is 0 Å². The van der Waals surface area contributed by atoms with E-state index in [0.717, 1.165) is 11.8 Å². The lowest BCUT2D eigenvalue weighted by Crippen LogP contribution is -2.30. The standard InChI is InChI=1S/C15H24/c1-11(2)14-8-9-15(10-14)12(3)6-5-7-13(15)4/h6,13-14H,1,5,7-10H2,2-4H3/t13-,14?,15?/m0/s1. The van der Waals surface area contributed by atoms with Gasteiger partial charge in [-0.15, -0.1) is 0 Å². The van der Waals surface area contributed by atoms with Gasteiger partial charge in [-0.25, -0.2) is 0 Å². The van der Waals surface area contributed by atoms with E-state index in [2.05, 4.69) is 33.4 Å². The molecule has 1 fully saturated rings. The zero-order chi connectivity index (χ0) is 11.1. The molecule has 0 aromatic rings. The predicted octanol–water partition coefficient (Wildman–Crippen LogP) is 4.73. The average Bonchev–Trinajstić information content (AvgIpc) is 2.61. The van der Waals surface area contributed by atoms with Crippen LogP contribution in [0.5, 0.6) is 0 Å². The van der Waals surface area contributed by atoms with Gasteiger partial charge in [0.2, 0.25) is 0 Å². The van der Waals surface area contributed by atoms with E-state index >= 15 is 0 Å². The van der Waals surface area contributed by atoms with Crippen LogP contribution < -0.4 is 0 Å². The Morgan fingerprint density at radius 3 is 2.73 bits per heavy atom. The quantitative estimate of drug-likeness (QED) is 0.542. The second-order valence-electron chi connectivity index (χ2n) is 5.81. The molecular weight excluding hydrogens is 180 g/mol. The van der Waals surface area contributed by atoms with Crippen molar-refractivity contribution < 1.29 is 0 Å². The van der Waals surface area contributed by atoms with E-state index in [1.54, 1.807) is 5.57 Å². The molecule has 0 aliphatic heterocycles. The van der Waals surface area contributed by atoms with Crippen molar-refractivity contribution in [1.82, 2.24) is 0 Å². The molecule has 2 aliphatic carbocycles. The molecule has 3 atom stereocenters. The van der Waals surface area contributed by atoms with Crippen LogP contribution in [0.1, 0.15) is 52.9 Å². The van der Waals surface area contributed by atoms with Crippen molar-refractivity contribution >= 4 is 0 Å². The van der Waals surface area contributed by atoms with Crippen molar-refractivity contribution in [3.05, 3.63) is 23.8 Å². The Morgan fingerprint density at radius 1 is 1.47 bits per heavy atom. The van der Waals surface area contributed by atoms with E-state index in [-0.39, 0.29) is 0 Å². The van der Waals surface area contributed by atoms with Gasteiger partial charge in [0, 0.05) is 0 Å². The smallest absolute Gasteiger partial charge is 0.00592 e. The first kappa shape index (κ1) is 11.0. The van der Waals surface area contributed by atoms with Gasteiger partial charge in [-0.1, -0.05) is 30.7 Å². The molecule has 0 aromatic heterocycles. The largest absolute Gasteiger partial charge is 0.0999 e. The molecule has 1 spiro atoms. The van der Waals surface area contributed by atoms with Gasteiger partial charge >= 0.3 is 0 Å². The maximum absolute atomic E-state index is 4.15. The van der Waals surface area contributed by atoms with E-state index in [0.29, 0.717) is 5.41 Å². The van der Waals surface area contributed by atoms with E-state index < -0.39 is 0 Å². The SMILES string of the molecule is C=C(C)C1CCC2(C1)C(C)=CCC[C@@H]2C. The molecule has 0 saturated heterocycles. The minimum absolute atomic E-state index is 0.544. The third kappa shape index (κ3) is 1.68. The van der Waals surface area contributed by atoms with Crippen LogP contribution in [0.25, 0.3) is 0 Å². The summed E-state index contributed by atoms with van der Waals surface area (Å²) in [7, 11) is 0. The lowest BCUT2D eigenvalue weighted by molar-refractivity contribution is 0.204. The summed E-state index contributed by atoms with van der Waals surface area (Å²) in [6.07, 6.45) is 9.30. The van der Waals surface area contributed by atoms with Gasteiger partial charge in [0.1, 0.15) is 0 Å². The predicted molar refractivity (Wildman–Crippen MR) is 66.7 cm³/mol. The zero-order valence-electron chi connectivity index (χ0n) is 10.5. The highest BCUT2D eigenvalue weighted by Gasteiger charge is 2.45. The van der Waals surface area contributed by atoms with Gasteiger partial charge in [0.25, 0.3) is 0 Å². The fraction of sp³-hybridized carbons (Fsp3) is 0.733. The maximum Gasteiger partial charge on any atom is -0.00592 e. The molecule has 0 N–H and O–H groups in total. The Labute approximate surface area is 94.5 Å². The van der Waals surface area contributed by atoms with Crippen molar-refractivity contribution in [3.63, 3.8) is 0 Å². The van der Waals surface area contributed by atoms with Gasteiger partial charge in [-0.2, -0.15) is 0 Å². The van der Waals surface area contributed by atoms with Crippen LogP contribution in [-0.4, -0.2) is 0 Å². The van der Waals surface area contributed by atoms with E-state index in [9.17, 15) is 0 Å². The van der Waals surface area contributed by atoms with Crippen LogP contribution in [0, 0.1) is 17.3 Å². The highest BCUT2D eigenvalue weighted by molar-refractivity contribution is 5.21. The van der Waals surface area contributed by atoms with Gasteiger partial charge in [0.05, 0.1) is 0 Å². The summed E-state index contributed by atoms with van der Waals surface area (Å²) >= 11 is 0. The summed E-state index contributed by atoms with van der Waals surface area (Å²) < 4.78 is 0. The first-order chi connectivity index (χ1) is 7.06. The summed E-state index contributed by atoms with van der Waals surface area (Å²) in [6, 6.07) is 0. The number of hydrogen-bond donors (Lipinski definition) is 0. The van der Waals surface area contributed by atoms with Crippen LogP contribution in [0.2, 0.25) is 0 Å². The first-order valence-corrected chi connectivity index (χ1v) is 6.39. The van der Waals surface area contributed by atoms with Gasteiger partial charge in [0.15, 0.2) is 0 Å². The van der Waals surface area contributed by atoms with Crippen LogP contribution in [0.3, 0.4) is 0 Å². The lowest BCUT2D eigenvalue weighted by atomic mass is 9.64. The third-order valence-electron chi connectivity index (χ3n) is 5.03. The van der Waals surface area contributed by atoms with Crippen LogP contribution in [-0.2, 0) is 0 Å². The molecule has 0 aromatic carbocycles. The molecule has 0 heteroatoms. The monoisotopic (exact) mass is 204 g/mol. The summed E-state index contributed by atoms with van der Waals surface area (Å²) in [5.74, 6) is 1.67. The summed E-state index contributed by atoms with van der Waals surface area (Å²) in [5.41, 5.74) is 3.62. The Morgan fingerprint density at radius 2 is 2.20 bits per heavy atom. The molecular formula is C15H24. The van der Waals surface area contributed by atoms with E-state index in [4.69, 9.17) is 0 Å². The van der Waals surface area contributed by atoms with Crippen LogP contribution >= 0.6 is 0 Å². The summed E-state index contributed by atoms with van der Waals surface area (Å²) in [6.45, 7) is 11.2. The second-order valence-corrected chi connectivity index (χ2v) is 5.81. The molecule has 2 aliphatic rings. The number of allylic oxidation sites excluding steroid dienone is 3. The highest BCUT2D eigenvalue weighted by atomic mass is 14.5. The summed E-state index contributed by atoms with van der Waals surface area (Å²) in [4.78, 5) is 0. The summed E-state index contributed by atoms with van der Waals surface area (Å²) in [5, 5.41) is 0. The Balaban J connectivity index is 2.23. The highest BCUT2D eigenvalue weighted by Crippen LogP contribution is 2.56. The Bertz CT molecular complexity index is 297. The molecule has 0 radical (unpaired) electrons. The van der Waals surface area contributed by atoms with Crippen molar-refractivity contribution in [2.45, 2.75) is 52.9 Å². The van der Waals surface area contributed by atoms with Gasteiger partial charge in [-0.05, 0) is 63.2 Å². The Hall–Kier alpha value is -0.520. The lowest BCUT2D eigenvalue weighted by Gasteiger charge is -2.40. The molecule has 0 amide bonds. The molecule has 0 nitrogen and oxygen atoms in total. The third-order valence-corrected chi connectivity index (χ3v) is 5.03. The molecule has 0 heterocycles.